The lowest BCUT2D eigenvalue weighted by atomic mass is 9.87. The van der Waals surface area contributed by atoms with Crippen LogP contribution in [0.1, 0.15) is 0 Å². The van der Waals surface area contributed by atoms with Gasteiger partial charge in [0.2, 0.25) is 0 Å². The molecule has 14 rings (SSSR count). The molecule has 12 aromatic carbocycles. The second-order valence-electron chi connectivity index (χ2n) is 18.9. The van der Waals surface area contributed by atoms with Crippen LogP contribution in [0.3, 0.4) is 0 Å². The summed E-state index contributed by atoms with van der Waals surface area (Å²) in [4.78, 5) is 19.4. The molecule has 4 nitrogen and oxygen atoms in total. The van der Waals surface area contributed by atoms with Crippen molar-refractivity contribution in [3.8, 4) is 112 Å². The highest BCUT2D eigenvalue weighted by Gasteiger charge is 2.23. The van der Waals surface area contributed by atoms with Crippen molar-refractivity contribution >= 4 is 38.0 Å². The molecule has 1 aromatic heterocycles. The van der Waals surface area contributed by atoms with Gasteiger partial charge < -0.3 is 0 Å². The summed E-state index contributed by atoms with van der Waals surface area (Å²) in [6.07, 6.45) is 0. The Kier molecular flexibility index (Phi) is 10.2. The Hall–Kier alpha value is -10.1. The molecule has 0 aliphatic heterocycles. The van der Waals surface area contributed by atoms with Crippen molar-refractivity contribution in [2.45, 2.75) is 0 Å². The molecule has 342 valence electrons. The fraction of sp³-hybridized carbons (Fsp3) is 0. The summed E-state index contributed by atoms with van der Waals surface area (Å²) >= 11 is 0. The number of nitrogens with zero attached hydrogens (tertiary/aromatic N) is 4. The van der Waals surface area contributed by atoms with Crippen molar-refractivity contribution in [3.63, 3.8) is 0 Å². The van der Waals surface area contributed by atoms with Gasteiger partial charge in [0.05, 0.1) is 6.57 Å². The van der Waals surface area contributed by atoms with Crippen LogP contribution in [-0.4, -0.2) is 15.0 Å². The average Bonchev–Trinajstić information content (AvgIpc) is 3.83. The van der Waals surface area contributed by atoms with E-state index in [0.29, 0.717) is 23.2 Å². The maximum atomic E-state index is 8.41. The first-order chi connectivity index (χ1) is 36.6. The summed E-state index contributed by atoms with van der Waals surface area (Å²) in [7, 11) is 0. The van der Waals surface area contributed by atoms with Gasteiger partial charge in [0.1, 0.15) is 0 Å². The van der Waals surface area contributed by atoms with E-state index in [0.717, 1.165) is 61.2 Å². The molecular formula is C70H42N4. The maximum absolute atomic E-state index is 8.41. The Morgan fingerprint density at radius 3 is 1.41 bits per heavy atom. The predicted octanol–water partition coefficient (Wildman–Crippen LogP) is 18.9. The lowest BCUT2D eigenvalue weighted by Gasteiger charge is -2.17. The SMILES string of the molecule is [C-]#[N+]c1cccc(-c2ccc(-c3nc(-c4ccccc4)nc(-c4ccc(-c5ccc6c7c(cccc57)-c5ccccc5-6)cc4)n3)cc2)c1-c1ccccc1-c1cccc(-c2cccc3c2ccc2ccccc23)c1. The Labute approximate surface area is 429 Å². The molecule has 1 aliphatic carbocycles. The van der Waals surface area contributed by atoms with E-state index in [1.807, 2.05) is 42.5 Å². The third kappa shape index (κ3) is 7.18. The van der Waals surface area contributed by atoms with E-state index in [1.165, 1.54) is 65.7 Å². The highest BCUT2D eigenvalue weighted by atomic mass is 15.0. The van der Waals surface area contributed by atoms with Gasteiger partial charge in [-0.3, -0.25) is 0 Å². The molecule has 0 saturated heterocycles. The lowest BCUT2D eigenvalue weighted by Crippen LogP contribution is -2.00. The van der Waals surface area contributed by atoms with Crippen molar-refractivity contribution in [2.24, 2.45) is 0 Å². The number of hydrogen-bond acceptors (Lipinski definition) is 3. The zero-order valence-corrected chi connectivity index (χ0v) is 40.0. The van der Waals surface area contributed by atoms with Crippen LogP contribution in [0.25, 0.3) is 149 Å². The van der Waals surface area contributed by atoms with Crippen LogP contribution in [0.5, 0.6) is 0 Å². The Morgan fingerprint density at radius 1 is 0.257 bits per heavy atom. The fourth-order valence-electron chi connectivity index (χ4n) is 11.3. The van der Waals surface area contributed by atoms with E-state index >= 15 is 0 Å². The molecule has 0 saturated carbocycles. The van der Waals surface area contributed by atoms with Crippen molar-refractivity contribution < 1.29 is 0 Å². The molecule has 0 amide bonds. The van der Waals surface area contributed by atoms with Gasteiger partial charge in [0.25, 0.3) is 0 Å². The molecular weight excluding hydrogens is 897 g/mol. The zero-order chi connectivity index (χ0) is 49.1. The van der Waals surface area contributed by atoms with Crippen LogP contribution in [-0.2, 0) is 0 Å². The van der Waals surface area contributed by atoms with Gasteiger partial charge in [0.15, 0.2) is 23.2 Å². The van der Waals surface area contributed by atoms with E-state index in [2.05, 4.69) is 217 Å². The lowest BCUT2D eigenvalue weighted by molar-refractivity contribution is 1.07. The summed E-state index contributed by atoms with van der Waals surface area (Å²) < 4.78 is 0. The van der Waals surface area contributed by atoms with Gasteiger partial charge in [-0.15, -0.1) is 0 Å². The fourth-order valence-corrected chi connectivity index (χ4v) is 11.3. The van der Waals surface area contributed by atoms with Gasteiger partial charge >= 0.3 is 0 Å². The Balaban J connectivity index is 0.819. The van der Waals surface area contributed by atoms with Gasteiger partial charge in [-0.1, -0.05) is 249 Å². The second kappa shape index (κ2) is 17.6. The van der Waals surface area contributed by atoms with Gasteiger partial charge in [-0.2, -0.15) is 0 Å². The monoisotopic (exact) mass is 938 g/mol. The maximum Gasteiger partial charge on any atom is 0.195 e. The predicted molar refractivity (Wildman–Crippen MR) is 307 cm³/mol. The molecule has 4 heteroatoms. The molecule has 0 N–H and O–H groups in total. The highest BCUT2D eigenvalue weighted by molar-refractivity contribution is 6.19. The molecule has 74 heavy (non-hydrogen) atoms. The summed E-state index contributed by atoms with van der Waals surface area (Å²) in [5.74, 6) is 1.78. The number of hydrogen-bond donors (Lipinski definition) is 0. The normalized spacial score (nSPS) is 11.5. The first-order valence-corrected chi connectivity index (χ1v) is 24.9. The van der Waals surface area contributed by atoms with E-state index in [9.17, 15) is 0 Å². The van der Waals surface area contributed by atoms with E-state index in [-0.39, 0.29) is 0 Å². The molecule has 13 aromatic rings. The molecule has 0 radical (unpaired) electrons. The third-order valence-corrected chi connectivity index (χ3v) is 14.8. The molecule has 0 spiro atoms. The van der Waals surface area contributed by atoms with Crippen LogP contribution in [0, 0.1) is 6.57 Å². The Morgan fingerprint density at radius 2 is 0.703 bits per heavy atom. The smallest absolute Gasteiger partial charge is 0.195 e. The van der Waals surface area contributed by atoms with Crippen molar-refractivity contribution in [1.82, 2.24) is 15.0 Å². The van der Waals surface area contributed by atoms with Crippen LogP contribution < -0.4 is 0 Å². The standard InChI is InChI=1S/C70H42N4/c1-71-65-30-14-26-56(67(65)62-24-10-7-21-54(62)51-19-11-18-50(43-51)53-25-12-27-57-52-20-6-5-15-44(52)39-40-60(53)57)46-33-37-49(38-34-46)70-73-68(47-16-3-2-4-17-47)72-69(74-70)48-35-31-45(32-36-48)55-41-42-64-59-23-9-8-22-58(59)63-29-13-28-61(55)66(63)64/h2-43H. The first kappa shape index (κ1) is 42.8. The van der Waals surface area contributed by atoms with Crippen LogP contribution in [0.4, 0.5) is 5.69 Å². The minimum absolute atomic E-state index is 0.580. The number of benzene rings is 12. The molecule has 0 bridgehead atoms. The van der Waals surface area contributed by atoms with Gasteiger partial charge in [0, 0.05) is 16.7 Å². The van der Waals surface area contributed by atoms with E-state index < -0.39 is 0 Å². The summed E-state index contributed by atoms with van der Waals surface area (Å²) in [6.45, 7) is 8.41. The summed E-state index contributed by atoms with van der Waals surface area (Å²) in [6, 6.07) is 89.8. The average molecular weight is 939 g/mol. The first-order valence-electron chi connectivity index (χ1n) is 24.9. The van der Waals surface area contributed by atoms with E-state index in [1.54, 1.807) is 0 Å². The highest BCUT2D eigenvalue weighted by Crippen LogP contribution is 2.50. The summed E-state index contributed by atoms with van der Waals surface area (Å²) in [5.41, 5.74) is 19.1. The second-order valence-corrected chi connectivity index (χ2v) is 18.9. The minimum atomic E-state index is 0.580. The van der Waals surface area contributed by atoms with Crippen LogP contribution in [0.2, 0.25) is 0 Å². The quantitative estimate of drug-likeness (QED) is 0.113. The van der Waals surface area contributed by atoms with E-state index in [4.69, 9.17) is 21.5 Å². The van der Waals surface area contributed by atoms with Crippen molar-refractivity contribution in [1.29, 1.82) is 0 Å². The number of aromatic nitrogens is 3. The van der Waals surface area contributed by atoms with Gasteiger partial charge in [-0.05, 0) is 116 Å². The topological polar surface area (TPSA) is 43.0 Å². The zero-order valence-electron chi connectivity index (χ0n) is 40.0. The molecule has 1 heterocycles. The number of rotatable bonds is 8. The molecule has 1 aliphatic rings. The Bertz CT molecular complexity index is 4390. The van der Waals surface area contributed by atoms with Crippen LogP contribution >= 0.6 is 0 Å². The van der Waals surface area contributed by atoms with Crippen molar-refractivity contribution in [3.05, 3.63) is 266 Å². The minimum Gasteiger partial charge on any atom is -0.237 e. The van der Waals surface area contributed by atoms with Crippen molar-refractivity contribution in [2.75, 3.05) is 0 Å². The summed E-state index contributed by atoms with van der Waals surface area (Å²) in [5, 5.41) is 7.49. The largest absolute Gasteiger partial charge is 0.237 e. The number of fused-ring (bicyclic) bond motifs is 6. The molecule has 0 fully saturated rings. The van der Waals surface area contributed by atoms with Crippen LogP contribution in [0.15, 0.2) is 255 Å². The molecule has 0 unspecified atom stereocenters. The van der Waals surface area contributed by atoms with Gasteiger partial charge in [-0.25, -0.2) is 19.8 Å². The third-order valence-electron chi connectivity index (χ3n) is 14.8. The molecule has 0 atom stereocenters.